The second-order valence-electron chi connectivity index (χ2n) is 8.13. The van der Waals surface area contributed by atoms with Gasteiger partial charge in [0.2, 0.25) is 5.91 Å². The first-order valence-electron chi connectivity index (χ1n) is 10.9. The minimum absolute atomic E-state index is 0.0705. The lowest BCUT2D eigenvalue weighted by Gasteiger charge is -2.37. The lowest BCUT2D eigenvalue weighted by molar-refractivity contribution is -0.384. The number of carbonyl (C=O) groups is 1. The van der Waals surface area contributed by atoms with Crippen molar-refractivity contribution in [1.82, 2.24) is 20.0 Å². The molecule has 2 aliphatic rings. The van der Waals surface area contributed by atoms with Crippen LogP contribution in [0.25, 0.3) is 0 Å². The fourth-order valence-electron chi connectivity index (χ4n) is 3.61. The average Bonchev–Trinajstić information content (AvgIpc) is 2.80. The second-order valence-corrected chi connectivity index (χ2v) is 8.13. The van der Waals surface area contributed by atoms with Crippen molar-refractivity contribution in [3.63, 3.8) is 0 Å². The van der Waals surface area contributed by atoms with Crippen LogP contribution >= 0.6 is 0 Å². The Morgan fingerprint density at radius 2 is 1.78 bits per heavy atom. The molecule has 0 bridgehead atoms. The fourth-order valence-corrected chi connectivity index (χ4v) is 3.61. The van der Waals surface area contributed by atoms with Crippen molar-refractivity contribution in [2.24, 2.45) is 4.99 Å². The van der Waals surface area contributed by atoms with Crippen molar-refractivity contribution >= 4 is 17.6 Å². The number of guanidine groups is 1. The molecular formula is C22H32N6O4. The number of ether oxygens (including phenoxy) is 1. The number of hydrogen-bond acceptors (Lipinski definition) is 6. The van der Waals surface area contributed by atoms with E-state index in [1.807, 2.05) is 11.8 Å². The number of nitrogens with one attached hydrogen (secondary N) is 1. The molecule has 0 radical (unpaired) electrons. The lowest BCUT2D eigenvalue weighted by Crippen LogP contribution is -2.55. The Bertz CT molecular complexity index is 827. The summed E-state index contributed by atoms with van der Waals surface area (Å²) >= 11 is 0. The van der Waals surface area contributed by atoms with E-state index >= 15 is 0 Å². The number of hydrogen-bond donors (Lipinski definition) is 1. The number of benzene rings is 1. The van der Waals surface area contributed by atoms with Gasteiger partial charge in [-0.25, -0.2) is 4.99 Å². The summed E-state index contributed by atoms with van der Waals surface area (Å²) in [6, 6.07) is 6.45. The van der Waals surface area contributed by atoms with Gasteiger partial charge in [-0.1, -0.05) is 24.3 Å². The first kappa shape index (κ1) is 23.7. The molecule has 1 aromatic carbocycles. The van der Waals surface area contributed by atoms with Gasteiger partial charge in [-0.3, -0.25) is 19.8 Å². The molecule has 0 spiro atoms. The van der Waals surface area contributed by atoms with Gasteiger partial charge in [-0.05, 0) is 12.5 Å². The van der Waals surface area contributed by atoms with Crippen LogP contribution in [0.15, 0.2) is 41.4 Å². The molecule has 1 aromatic rings. The third-order valence-electron chi connectivity index (χ3n) is 5.50. The highest BCUT2D eigenvalue weighted by Gasteiger charge is 2.24. The van der Waals surface area contributed by atoms with Gasteiger partial charge in [0.1, 0.15) is 0 Å². The number of aliphatic imine (C=N–C) groups is 1. The zero-order valence-corrected chi connectivity index (χ0v) is 18.7. The van der Waals surface area contributed by atoms with Crippen LogP contribution in [0.1, 0.15) is 12.5 Å². The van der Waals surface area contributed by atoms with Crippen molar-refractivity contribution in [2.75, 3.05) is 65.6 Å². The number of nitro benzene ring substituents is 1. The molecule has 0 aliphatic carbocycles. The van der Waals surface area contributed by atoms with Crippen LogP contribution in [0.3, 0.4) is 0 Å². The number of piperazine rings is 1. The largest absolute Gasteiger partial charge is 0.378 e. The maximum absolute atomic E-state index is 12.5. The van der Waals surface area contributed by atoms with Gasteiger partial charge in [0.15, 0.2) is 5.96 Å². The number of nitrogens with zero attached hydrogens (tertiary/aromatic N) is 5. The van der Waals surface area contributed by atoms with Crippen molar-refractivity contribution in [3.05, 3.63) is 52.1 Å². The topological polar surface area (TPSA) is 104 Å². The van der Waals surface area contributed by atoms with Crippen molar-refractivity contribution in [3.8, 4) is 0 Å². The van der Waals surface area contributed by atoms with Gasteiger partial charge in [0.25, 0.3) is 5.69 Å². The first-order chi connectivity index (χ1) is 15.4. The van der Waals surface area contributed by atoms with Crippen molar-refractivity contribution < 1.29 is 14.5 Å². The normalized spacial score (nSPS) is 17.8. The summed E-state index contributed by atoms with van der Waals surface area (Å²) in [5.74, 6) is 0.944. The molecule has 2 aliphatic heterocycles. The van der Waals surface area contributed by atoms with Gasteiger partial charge in [0.05, 0.1) is 31.2 Å². The van der Waals surface area contributed by atoms with E-state index in [0.717, 1.165) is 43.3 Å². The van der Waals surface area contributed by atoms with Crippen LogP contribution in [0, 0.1) is 10.1 Å². The summed E-state index contributed by atoms with van der Waals surface area (Å²) in [5, 5.41) is 14.2. The first-order valence-corrected chi connectivity index (χ1v) is 10.9. The molecule has 2 heterocycles. The molecular weight excluding hydrogens is 412 g/mol. The molecule has 0 unspecified atom stereocenters. The Labute approximate surface area is 188 Å². The minimum Gasteiger partial charge on any atom is -0.378 e. The molecule has 10 nitrogen and oxygen atoms in total. The van der Waals surface area contributed by atoms with E-state index in [4.69, 9.17) is 9.73 Å². The summed E-state index contributed by atoms with van der Waals surface area (Å²) in [6.07, 6.45) is 0. The van der Waals surface area contributed by atoms with E-state index in [-0.39, 0.29) is 11.6 Å². The van der Waals surface area contributed by atoms with Crippen LogP contribution in [0.4, 0.5) is 5.69 Å². The standard InChI is InChI=1S/C22H32N6O4/c1-18(2)15-23-22(24-16-19-3-5-20(6-4-19)28(30)31)27-9-7-25(8-10-27)17-21(29)26-11-13-32-14-12-26/h3-6H,1,7-17H2,2H3,(H,23,24). The van der Waals surface area contributed by atoms with Gasteiger partial charge in [0, 0.05) is 57.9 Å². The summed E-state index contributed by atoms with van der Waals surface area (Å²) in [5.41, 5.74) is 1.98. The molecule has 1 N–H and O–H groups in total. The van der Waals surface area contributed by atoms with Gasteiger partial charge in [-0.2, -0.15) is 0 Å². The molecule has 32 heavy (non-hydrogen) atoms. The molecule has 0 atom stereocenters. The average molecular weight is 445 g/mol. The monoisotopic (exact) mass is 444 g/mol. The molecule has 1 amide bonds. The van der Waals surface area contributed by atoms with Crippen molar-refractivity contribution in [1.29, 1.82) is 0 Å². The number of amides is 1. The summed E-state index contributed by atoms with van der Waals surface area (Å²) in [4.78, 5) is 33.9. The van der Waals surface area contributed by atoms with E-state index in [2.05, 4.69) is 21.7 Å². The van der Waals surface area contributed by atoms with Crippen LogP contribution in [0.2, 0.25) is 0 Å². The molecule has 3 rings (SSSR count). The van der Waals surface area contributed by atoms with Crippen LogP contribution in [0.5, 0.6) is 0 Å². The van der Waals surface area contributed by atoms with Crippen LogP contribution < -0.4 is 5.32 Å². The lowest BCUT2D eigenvalue weighted by atomic mass is 10.2. The number of rotatable bonds is 7. The van der Waals surface area contributed by atoms with Gasteiger partial charge < -0.3 is 19.9 Å². The molecule has 2 fully saturated rings. The van der Waals surface area contributed by atoms with Crippen LogP contribution in [-0.4, -0.2) is 97.1 Å². The predicted molar refractivity (Wildman–Crippen MR) is 122 cm³/mol. The maximum atomic E-state index is 12.5. The Morgan fingerprint density at radius 3 is 2.38 bits per heavy atom. The van der Waals surface area contributed by atoms with Crippen LogP contribution in [-0.2, 0) is 16.1 Å². The Balaban J connectivity index is 1.56. The molecule has 174 valence electrons. The number of nitro groups is 1. The third-order valence-corrected chi connectivity index (χ3v) is 5.50. The predicted octanol–water partition coefficient (Wildman–Crippen LogP) is 1.09. The summed E-state index contributed by atoms with van der Waals surface area (Å²) < 4.78 is 5.32. The fraction of sp³-hybridized carbons (Fsp3) is 0.545. The van der Waals surface area contributed by atoms with E-state index in [1.165, 1.54) is 12.1 Å². The Hall–Kier alpha value is -2.98. The number of carbonyl (C=O) groups excluding carboxylic acids is 1. The van der Waals surface area contributed by atoms with E-state index in [9.17, 15) is 14.9 Å². The minimum atomic E-state index is -0.407. The Morgan fingerprint density at radius 1 is 1.12 bits per heavy atom. The summed E-state index contributed by atoms with van der Waals surface area (Å²) in [6.45, 7) is 13.0. The van der Waals surface area contributed by atoms with Gasteiger partial charge >= 0.3 is 0 Å². The molecule has 0 aromatic heterocycles. The van der Waals surface area contributed by atoms with E-state index in [0.29, 0.717) is 45.9 Å². The second kappa shape index (κ2) is 11.6. The maximum Gasteiger partial charge on any atom is 0.269 e. The van der Waals surface area contributed by atoms with E-state index in [1.54, 1.807) is 12.1 Å². The quantitative estimate of drug-likeness (QED) is 0.221. The smallest absolute Gasteiger partial charge is 0.269 e. The third kappa shape index (κ3) is 7.03. The molecule has 0 saturated carbocycles. The SMILES string of the molecule is C=C(C)CNC(=NCc1ccc([N+](=O)[O-])cc1)N1CCN(CC(=O)N2CCOCC2)CC1. The van der Waals surface area contributed by atoms with Gasteiger partial charge in [-0.15, -0.1) is 0 Å². The highest BCUT2D eigenvalue weighted by molar-refractivity contribution is 5.80. The van der Waals surface area contributed by atoms with Crippen molar-refractivity contribution in [2.45, 2.75) is 13.5 Å². The van der Waals surface area contributed by atoms with E-state index < -0.39 is 4.92 Å². The highest BCUT2D eigenvalue weighted by atomic mass is 16.6. The number of morpholine rings is 1. The Kier molecular flexibility index (Phi) is 8.57. The zero-order chi connectivity index (χ0) is 22.9. The molecule has 10 heteroatoms. The zero-order valence-electron chi connectivity index (χ0n) is 18.7. The highest BCUT2D eigenvalue weighted by Crippen LogP contribution is 2.13. The summed E-state index contributed by atoms with van der Waals surface area (Å²) in [7, 11) is 0. The molecule has 2 saturated heterocycles. The number of non-ortho nitro benzene ring substituents is 1.